The highest BCUT2D eigenvalue weighted by molar-refractivity contribution is 6.50. The summed E-state index contributed by atoms with van der Waals surface area (Å²) in [7, 11) is 0. The van der Waals surface area contributed by atoms with E-state index in [9.17, 15) is 10.2 Å². The Hall–Kier alpha value is -3.32. The van der Waals surface area contributed by atoms with E-state index < -0.39 is 0 Å². The van der Waals surface area contributed by atoms with Crippen LogP contribution in [-0.2, 0) is 4.74 Å². The molecule has 0 saturated carbocycles. The maximum Gasteiger partial charge on any atom is 0.144 e. The number of benzene rings is 1. The van der Waals surface area contributed by atoms with Crippen molar-refractivity contribution in [3.63, 3.8) is 0 Å². The number of phenols is 1. The molecule has 1 aromatic rings. The summed E-state index contributed by atoms with van der Waals surface area (Å²) in [5.41, 5.74) is 5.70. The molecule has 0 aliphatic heterocycles. The average Bonchev–Trinajstić information content (AvgIpc) is 2.81. The van der Waals surface area contributed by atoms with Crippen molar-refractivity contribution in [1.29, 1.82) is 5.41 Å². The van der Waals surface area contributed by atoms with Crippen LogP contribution in [0.1, 0.15) is 61.3 Å². The third-order valence-corrected chi connectivity index (χ3v) is 6.69. The summed E-state index contributed by atoms with van der Waals surface area (Å²) in [4.78, 5) is 0. The van der Waals surface area contributed by atoms with Crippen molar-refractivity contribution < 1.29 is 19.7 Å². The van der Waals surface area contributed by atoms with Gasteiger partial charge in [0.05, 0.1) is 24.1 Å². The number of anilines is 1. The minimum absolute atomic E-state index is 0.0238. The van der Waals surface area contributed by atoms with Crippen molar-refractivity contribution in [3.8, 4) is 11.5 Å². The number of hydrazone groups is 1. The molecule has 0 amide bonds. The van der Waals surface area contributed by atoms with E-state index in [2.05, 4.69) is 65.1 Å². The third-order valence-electron chi connectivity index (χ3n) is 6.69. The molecule has 4 N–H and O–H groups in total. The van der Waals surface area contributed by atoms with Gasteiger partial charge in [-0.2, -0.15) is 5.10 Å². The zero-order valence-electron chi connectivity index (χ0n) is 23.8. The number of ether oxygens (including phenoxy) is 2. The molecule has 2 unspecified atom stereocenters. The number of hydrogen-bond acceptors (Lipinski definition) is 7. The first-order valence-corrected chi connectivity index (χ1v) is 13.3. The Kier molecular flexibility index (Phi) is 9.26. The van der Waals surface area contributed by atoms with Gasteiger partial charge in [0.25, 0.3) is 0 Å². The molecular weight excluding hydrogens is 478 g/mol. The highest BCUT2D eigenvalue weighted by Crippen LogP contribution is 2.45. The first-order chi connectivity index (χ1) is 17.8. The van der Waals surface area contributed by atoms with Gasteiger partial charge < -0.3 is 19.7 Å². The minimum Gasteiger partial charge on any atom is -0.508 e. The standard InChI is InChI=1S/C31H43N3O4/c1-20-27(19-22(30(2,3)4)29(36)28(20)31(5,6)7)38-17-11-10-16-37-21-14-15-25(26(35)18-21)34-33-24-13-9-8-12-23(24)32/h8-9,12-15,18-20,27,32,34-36H,10-11,16-17H2,1-7H3/b32-23?,33-24-. The quantitative estimate of drug-likeness (QED) is 0.118. The van der Waals surface area contributed by atoms with Crippen molar-refractivity contribution in [2.75, 3.05) is 18.6 Å². The Labute approximate surface area is 227 Å². The lowest BCUT2D eigenvalue weighted by Gasteiger charge is -2.39. The molecular formula is C31H43N3O4. The van der Waals surface area contributed by atoms with Crippen LogP contribution in [0.5, 0.6) is 11.5 Å². The van der Waals surface area contributed by atoms with Crippen LogP contribution in [0, 0.1) is 22.2 Å². The molecule has 0 spiro atoms. The monoisotopic (exact) mass is 521 g/mol. The SMILES string of the molecule is CC1C(C(C)(C)C)=C(O)C(C(C)(C)C)=CC1OCCCCOc1ccc(N/N=C2/C=CC=CC2=N)c(O)c1. The molecule has 2 atom stereocenters. The fraction of sp³-hybridized carbons (Fsp3) is 0.484. The number of phenolic OH excluding ortho intramolecular Hbond substituents is 1. The Morgan fingerprint density at radius 3 is 2.29 bits per heavy atom. The van der Waals surface area contributed by atoms with E-state index in [-0.39, 0.29) is 28.6 Å². The summed E-state index contributed by atoms with van der Waals surface area (Å²) in [6, 6.07) is 5.02. The molecule has 2 aliphatic rings. The van der Waals surface area contributed by atoms with E-state index >= 15 is 0 Å². The summed E-state index contributed by atoms with van der Waals surface area (Å²) < 4.78 is 12.1. The van der Waals surface area contributed by atoms with Crippen molar-refractivity contribution in [2.45, 2.75) is 67.4 Å². The summed E-state index contributed by atoms with van der Waals surface area (Å²) in [5, 5.41) is 33.4. The molecule has 0 fully saturated rings. The molecule has 0 radical (unpaired) electrons. The number of aliphatic hydroxyl groups is 1. The van der Waals surface area contributed by atoms with Crippen molar-refractivity contribution >= 4 is 17.1 Å². The van der Waals surface area contributed by atoms with E-state index in [0.29, 0.717) is 41.8 Å². The predicted molar refractivity (Wildman–Crippen MR) is 155 cm³/mol. The second-order valence-corrected chi connectivity index (χ2v) is 11.9. The summed E-state index contributed by atoms with van der Waals surface area (Å²) in [6.45, 7) is 16.0. The van der Waals surface area contributed by atoms with Gasteiger partial charge in [0, 0.05) is 18.6 Å². The lowest BCUT2D eigenvalue weighted by molar-refractivity contribution is 0.0450. The first kappa shape index (κ1) is 29.2. The Balaban J connectivity index is 1.48. The maximum absolute atomic E-state index is 11.1. The van der Waals surface area contributed by atoms with E-state index in [1.54, 1.807) is 42.5 Å². The van der Waals surface area contributed by atoms with Crippen LogP contribution in [0.4, 0.5) is 5.69 Å². The van der Waals surface area contributed by atoms with Gasteiger partial charge >= 0.3 is 0 Å². The fourth-order valence-corrected chi connectivity index (χ4v) is 4.75. The van der Waals surface area contributed by atoms with Gasteiger partial charge in [-0.1, -0.05) is 60.6 Å². The minimum atomic E-state index is -0.174. The topological polar surface area (TPSA) is 107 Å². The van der Waals surface area contributed by atoms with Gasteiger partial charge in [-0.15, -0.1) is 0 Å². The van der Waals surface area contributed by atoms with E-state index in [4.69, 9.17) is 14.9 Å². The zero-order chi connectivity index (χ0) is 28.1. The van der Waals surface area contributed by atoms with Crippen LogP contribution in [-0.4, -0.2) is 41.0 Å². The largest absolute Gasteiger partial charge is 0.508 e. The second kappa shape index (κ2) is 12.0. The van der Waals surface area contributed by atoms with Gasteiger partial charge in [-0.3, -0.25) is 10.8 Å². The van der Waals surface area contributed by atoms with Gasteiger partial charge in [-0.25, -0.2) is 0 Å². The lowest BCUT2D eigenvalue weighted by Crippen LogP contribution is -2.34. The third kappa shape index (κ3) is 7.38. The van der Waals surface area contributed by atoms with E-state index in [1.165, 1.54) is 0 Å². The van der Waals surface area contributed by atoms with Crippen LogP contribution in [0.25, 0.3) is 0 Å². The number of aromatic hydroxyl groups is 1. The number of hydrogen-bond donors (Lipinski definition) is 4. The first-order valence-electron chi connectivity index (χ1n) is 13.3. The molecule has 206 valence electrons. The molecule has 3 rings (SSSR count). The van der Waals surface area contributed by atoms with Crippen LogP contribution < -0.4 is 10.2 Å². The molecule has 0 saturated heterocycles. The van der Waals surface area contributed by atoms with Crippen LogP contribution in [0.3, 0.4) is 0 Å². The van der Waals surface area contributed by atoms with Crippen molar-refractivity contribution in [3.05, 3.63) is 65.5 Å². The van der Waals surface area contributed by atoms with Gasteiger partial charge in [-0.05, 0) is 65.2 Å². The number of unbranched alkanes of at least 4 members (excludes halogenated alkanes) is 1. The average molecular weight is 522 g/mol. The van der Waals surface area contributed by atoms with E-state index in [1.807, 2.05) is 0 Å². The van der Waals surface area contributed by atoms with Crippen LogP contribution in [0.2, 0.25) is 0 Å². The fourth-order valence-electron chi connectivity index (χ4n) is 4.75. The molecule has 0 heterocycles. The van der Waals surface area contributed by atoms with Gasteiger partial charge in [0.15, 0.2) is 0 Å². The van der Waals surface area contributed by atoms with Gasteiger partial charge in [0.2, 0.25) is 0 Å². The number of allylic oxidation sites excluding steroid dienone is 5. The van der Waals surface area contributed by atoms with Crippen LogP contribution in [0.15, 0.2) is 70.6 Å². The maximum atomic E-state index is 11.1. The second-order valence-electron chi connectivity index (χ2n) is 11.9. The smallest absolute Gasteiger partial charge is 0.144 e. The Morgan fingerprint density at radius 1 is 0.974 bits per heavy atom. The number of rotatable bonds is 9. The van der Waals surface area contributed by atoms with Crippen molar-refractivity contribution in [2.24, 2.45) is 21.8 Å². The molecule has 7 nitrogen and oxygen atoms in total. The van der Waals surface area contributed by atoms with Gasteiger partial charge in [0.1, 0.15) is 23.0 Å². The summed E-state index contributed by atoms with van der Waals surface area (Å²) >= 11 is 0. The Bertz CT molecular complexity index is 1180. The lowest BCUT2D eigenvalue weighted by atomic mass is 9.69. The molecule has 7 heteroatoms. The number of nitrogens with zero attached hydrogens (tertiary/aromatic N) is 1. The Morgan fingerprint density at radius 2 is 1.66 bits per heavy atom. The normalized spacial score (nSPS) is 21.2. The number of aliphatic hydroxyl groups excluding tert-OH is 1. The summed E-state index contributed by atoms with van der Waals surface area (Å²) in [6.07, 6.45) is 10.6. The highest BCUT2D eigenvalue weighted by Gasteiger charge is 2.38. The highest BCUT2D eigenvalue weighted by atomic mass is 16.5. The molecule has 0 bridgehead atoms. The molecule has 1 aromatic carbocycles. The number of nitrogens with one attached hydrogen (secondary N) is 2. The van der Waals surface area contributed by atoms with Crippen molar-refractivity contribution in [1.82, 2.24) is 0 Å². The molecule has 2 aliphatic carbocycles. The predicted octanol–water partition coefficient (Wildman–Crippen LogP) is 7.33. The zero-order valence-corrected chi connectivity index (χ0v) is 23.8. The summed E-state index contributed by atoms with van der Waals surface area (Å²) in [5.74, 6) is 1.11. The van der Waals surface area contributed by atoms with Crippen LogP contribution >= 0.6 is 0 Å². The van der Waals surface area contributed by atoms with E-state index in [0.717, 1.165) is 24.0 Å². The molecule has 0 aromatic heterocycles. The molecule has 38 heavy (non-hydrogen) atoms.